The average molecular weight is 813 g/mol. The molecule has 5 aromatic carbocycles. The molecule has 0 saturated carbocycles. The minimum Gasteiger partial charge on any atom is -0.707 e. The molecule has 0 aliphatic carbocycles. The van der Waals surface area contributed by atoms with Crippen molar-refractivity contribution in [3.63, 3.8) is 0 Å². The molecule has 57 heavy (non-hydrogen) atoms. The number of benzene rings is 5. The van der Waals surface area contributed by atoms with Gasteiger partial charge in [-0.15, -0.1) is 0 Å². The monoisotopic (exact) mass is 812 g/mol. The van der Waals surface area contributed by atoms with Gasteiger partial charge in [0.25, 0.3) is 10.1 Å². The van der Waals surface area contributed by atoms with Gasteiger partial charge >= 0.3 is 0 Å². The molecule has 12 heteroatoms. The van der Waals surface area contributed by atoms with Crippen LogP contribution in [-0.2, 0) is 86.8 Å². The molecule has 7 rings (SSSR count). The van der Waals surface area contributed by atoms with Gasteiger partial charge in [-0.2, -0.15) is 8.42 Å². The van der Waals surface area contributed by atoms with Gasteiger partial charge in [0.05, 0.1) is 39.6 Å². The lowest BCUT2D eigenvalue weighted by atomic mass is 10.1. The van der Waals surface area contributed by atoms with Crippen molar-refractivity contribution < 1.29 is 46.4 Å². The van der Waals surface area contributed by atoms with E-state index in [1.807, 2.05) is 152 Å². The van der Waals surface area contributed by atoms with Gasteiger partial charge < -0.3 is 38.0 Å². The molecule has 300 valence electrons. The van der Waals surface area contributed by atoms with Crippen LogP contribution in [-0.4, -0.2) is 67.7 Å². The summed E-state index contributed by atoms with van der Waals surface area (Å²) in [5.74, 6) is 0.807. The second kappa shape index (κ2) is 20.7. The summed E-state index contributed by atoms with van der Waals surface area (Å²) in [7, 11) is -5.31. The molecular weight excluding hydrogens is 765 g/mol. The summed E-state index contributed by atoms with van der Waals surface area (Å²) in [4.78, 5) is 0. The molecule has 0 N–H and O–H groups in total. The van der Waals surface area contributed by atoms with Gasteiger partial charge in [0, 0.05) is 10.9 Å². The lowest BCUT2D eigenvalue weighted by Crippen LogP contribution is -2.47. The average Bonchev–Trinajstić information content (AvgIpc) is 3.78. The Morgan fingerprint density at radius 1 is 0.561 bits per heavy atom. The summed E-state index contributed by atoms with van der Waals surface area (Å²) >= 11 is 0. The predicted octanol–water partition coefficient (Wildman–Crippen LogP) is 5.89. The van der Waals surface area contributed by atoms with E-state index in [0.717, 1.165) is 27.8 Å². The first kappa shape index (κ1) is 41.2. The van der Waals surface area contributed by atoms with Crippen molar-refractivity contribution >= 4 is 21.0 Å². The first-order valence-corrected chi connectivity index (χ1v) is 22.2. The Kier molecular flexibility index (Phi) is 15.0. The molecule has 2 heterocycles. The standard InChI is InChI=1S/C45H48O10S2/c46-55-57(47,48)44-40(54-45(53-30-38-24-14-5-15-25-38)43(44)52-29-37-22-12-4-13-23-37)33-56-32-39(50-27-35-18-8-2-9-19-35)42(51-28-36-20-10-3-11-21-36)41(56)31-49-26-34-16-6-1-7-17-34/h1-25,39-45H,26-33H2/t39-,40-,41-,42+,43-,44+,45+,56?/m1/s1. The molecule has 0 bridgehead atoms. The van der Waals surface area contributed by atoms with Gasteiger partial charge in [-0.3, -0.25) is 0 Å². The third-order valence-corrected chi connectivity index (χ3v) is 14.3. The van der Waals surface area contributed by atoms with E-state index < -0.39 is 50.9 Å². The molecule has 0 aromatic heterocycles. The van der Waals surface area contributed by atoms with Gasteiger partial charge in [0.15, 0.2) is 11.5 Å². The topological polar surface area (TPSA) is 122 Å². The first-order chi connectivity index (χ1) is 28.0. The molecule has 0 radical (unpaired) electrons. The van der Waals surface area contributed by atoms with Crippen LogP contribution in [0.2, 0.25) is 0 Å². The maximum Gasteiger partial charge on any atom is 0.267 e. The van der Waals surface area contributed by atoms with Crippen LogP contribution in [0.5, 0.6) is 0 Å². The van der Waals surface area contributed by atoms with Crippen molar-refractivity contribution in [2.75, 3.05) is 18.1 Å². The highest BCUT2D eigenvalue weighted by Gasteiger charge is 2.59. The van der Waals surface area contributed by atoms with Crippen molar-refractivity contribution in [1.82, 2.24) is 0 Å². The molecule has 2 saturated heterocycles. The minimum atomic E-state index is -4.72. The van der Waals surface area contributed by atoms with Crippen molar-refractivity contribution in [3.8, 4) is 0 Å². The molecule has 0 amide bonds. The second-order valence-electron chi connectivity index (χ2n) is 14.1. The van der Waals surface area contributed by atoms with Gasteiger partial charge in [-0.1, -0.05) is 152 Å². The SMILES string of the molecule is O=S(=O)(O[O-])[C@@H]1[C@@H](OCc2ccccc2)[C@@H](OCc2ccccc2)O[C@@H]1C[S+]1C[C@@H](OCc2ccccc2)[C@H](OCc2ccccc2)[C@H]1COCc1ccccc1. The second-order valence-corrected chi connectivity index (χ2v) is 18.1. The van der Waals surface area contributed by atoms with Crippen LogP contribution in [0.3, 0.4) is 0 Å². The van der Waals surface area contributed by atoms with Crippen molar-refractivity contribution in [3.05, 3.63) is 179 Å². The van der Waals surface area contributed by atoms with E-state index in [1.54, 1.807) is 0 Å². The lowest BCUT2D eigenvalue weighted by Gasteiger charge is -2.25. The molecule has 1 unspecified atom stereocenters. The Morgan fingerprint density at radius 3 is 1.46 bits per heavy atom. The van der Waals surface area contributed by atoms with E-state index in [1.165, 1.54) is 0 Å². The number of rotatable bonds is 20. The normalized spacial score (nSPS) is 24.8. The van der Waals surface area contributed by atoms with E-state index in [4.69, 9.17) is 28.4 Å². The Balaban J connectivity index is 1.18. The van der Waals surface area contributed by atoms with Gasteiger partial charge in [-0.25, -0.2) is 0 Å². The summed E-state index contributed by atoms with van der Waals surface area (Å²) in [6, 6.07) is 48.8. The summed E-state index contributed by atoms with van der Waals surface area (Å²) in [5.41, 5.74) is 4.77. The smallest absolute Gasteiger partial charge is 0.267 e. The van der Waals surface area contributed by atoms with Crippen molar-refractivity contribution in [1.29, 1.82) is 0 Å². The molecule has 8 atom stereocenters. The van der Waals surface area contributed by atoms with Crippen molar-refractivity contribution in [2.24, 2.45) is 0 Å². The van der Waals surface area contributed by atoms with Crippen LogP contribution in [0.1, 0.15) is 27.8 Å². The Labute approximate surface area is 338 Å². The summed E-state index contributed by atoms with van der Waals surface area (Å²) in [6.45, 7) is 1.66. The maximum atomic E-state index is 13.7. The summed E-state index contributed by atoms with van der Waals surface area (Å²) < 4.78 is 70.3. The fourth-order valence-corrected chi connectivity index (χ4v) is 11.5. The molecule has 0 spiro atoms. The van der Waals surface area contributed by atoms with Gasteiger partial charge in [-0.05, 0) is 27.8 Å². The largest absolute Gasteiger partial charge is 0.707 e. The Morgan fingerprint density at radius 2 is 0.982 bits per heavy atom. The fourth-order valence-electron chi connectivity index (χ4n) is 7.27. The molecule has 2 aliphatic heterocycles. The van der Waals surface area contributed by atoms with Crippen LogP contribution in [0.25, 0.3) is 0 Å². The van der Waals surface area contributed by atoms with E-state index >= 15 is 0 Å². The third-order valence-electron chi connectivity index (χ3n) is 10.1. The third kappa shape index (κ3) is 11.4. The molecule has 2 fully saturated rings. The van der Waals surface area contributed by atoms with Crippen LogP contribution < -0.4 is 5.26 Å². The van der Waals surface area contributed by atoms with E-state index in [2.05, 4.69) is 4.33 Å². The number of hydrogen-bond acceptors (Lipinski definition) is 10. The van der Waals surface area contributed by atoms with Crippen LogP contribution in [0.4, 0.5) is 0 Å². The molecule has 5 aromatic rings. The van der Waals surface area contributed by atoms with E-state index in [9.17, 15) is 13.7 Å². The zero-order chi connectivity index (χ0) is 39.3. The zero-order valence-corrected chi connectivity index (χ0v) is 33.2. The number of ether oxygens (including phenoxy) is 6. The Hall–Kier alpha value is -3.92. The van der Waals surface area contributed by atoms with E-state index in [-0.39, 0.29) is 30.3 Å². The summed E-state index contributed by atoms with van der Waals surface area (Å²) in [5, 5.41) is 10.3. The Bertz CT molecular complexity index is 2010. The van der Waals surface area contributed by atoms with Crippen LogP contribution in [0, 0.1) is 0 Å². The van der Waals surface area contributed by atoms with Crippen LogP contribution >= 0.6 is 0 Å². The summed E-state index contributed by atoms with van der Waals surface area (Å²) in [6.07, 6.45) is -4.01. The van der Waals surface area contributed by atoms with Gasteiger partial charge in [0.2, 0.25) is 0 Å². The minimum absolute atomic E-state index is 0.0735. The van der Waals surface area contributed by atoms with Crippen LogP contribution in [0.15, 0.2) is 152 Å². The maximum absolute atomic E-state index is 13.7. The van der Waals surface area contributed by atoms with E-state index in [0.29, 0.717) is 32.2 Å². The molecule has 2 aliphatic rings. The highest BCUT2D eigenvalue weighted by atomic mass is 32.2. The molecule has 10 nitrogen and oxygen atoms in total. The fraction of sp³-hybridized carbons (Fsp3) is 0.333. The predicted molar refractivity (Wildman–Crippen MR) is 216 cm³/mol. The highest BCUT2D eigenvalue weighted by molar-refractivity contribution is 7.98. The van der Waals surface area contributed by atoms with Crippen molar-refractivity contribution in [2.45, 2.75) is 74.2 Å². The number of hydrogen-bond donors (Lipinski definition) is 0. The quantitative estimate of drug-likeness (QED) is 0.0535. The van der Waals surface area contributed by atoms with Gasteiger partial charge in [0.1, 0.15) is 41.2 Å². The lowest BCUT2D eigenvalue weighted by molar-refractivity contribution is -0.635. The first-order valence-electron chi connectivity index (χ1n) is 19.1. The zero-order valence-electron chi connectivity index (χ0n) is 31.5. The highest BCUT2D eigenvalue weighted by Crippen LogP contribution is 2.37. The molecular formula is C45H48O10S2.